The summed E-state index contributed by atoms with van der Waals surface area (Å²) in [7, 11) is 0. The number of hydrogen-bond acceptors (Lipinski definition) is 6. The average Bonchev–Trinajstić information content (AvgIpc) is 3.58. The molecule has 198 valence electrons. The summed E-state index contributed by atoms with van der Waals surface area (Å²) in [5, 5.41) is 24.0. The van der Waals surface area contributed by atoms with Gasteiger partial charge in [-0.1, -0.05) is 63.6 Å². The second-order valence-electron chi connectivity index (χ2n) is 9.66. The van der Waals surface area contributed by atoms with Crippen LogP contribution in [-0.4, -0.2) is 45.8 Å². The maximum Gasteiger partial charge on any atom is 0.337 e. The number of hydrogen-bond donors (Lipinski definition) is 2. The van der Waals surface area contributed by atoms with E-state index >= 15 is 0 Å². The number of imidazole rings is 1. The van der Waals surface area contributed by atoms with Gasteiger partial charge < -0.3 is 5.11 Å². The molecule has 5 rings (SSSR count). The van der Waals surface area contributed by atoms with Crippen molar-refractivity contribution >= 4 is 5.97 Å². The van der Waals surface area contributed by atoms with Gasteiger partial charge in [-0.2, -0.15) is 0 Å². The Kier molecular flexibility index (Phi) is 7.18. The van der Waals surface area contributed by atoms with E-state index < -0.39 is 5.97 Å². The molecule has 3 aromatic heterocycles. The molecule has 10 nitrogen and oxygen atoms in total. The highest BCUT2D eigenvalue weighted by Crippen LogP contribution is 2.29. The van der Waals surface area contributed by atoms with Crippen LogP contribution in [0.2, 0.25) is 0 Å². The molecule has 5 aromatic rings. The Morgan fingerprint density at radius 2 is 1.87 bits per heavy atom. The van der Waals surface area contributed by atoms with Crippen molar-refractivity contribution in [2.75, 3.05) is 0 Å². The van der Waals surface area contributed by atoms with Crippen LogP contribution >= 0.6 is 0 Å². The monoisotopic (exact) mass is 523 g/mol. The van der Waals surface area contributed by atoms with Crippen LogP contribution in [0.1, 0.15) is 60.3 Å². The highest BCUT2D eigenvalue weighted by Gasteiger charge is 2.22. The second kappa shape index (κ2) is 10.9. The summed E-state index contributed by atoms with van der Waals surface area (Å²) >= 11 is 0. The molecular weight excluding hydrogens is 494 g/mol. The largest absolute Gasteiger partial charge is 0.478 e. The number of carboxylic acid groups (broad SMARTS) is 1. The summed E-state index contributed by atoms with van der Waals surface area (Å²) in [4.78, 5) is 30.4. The third-order valence-corrected chi connectivity index (χ3v) is 6.70. The van der Waals surface area contributed by atoms with Crippen molar-refractivity contribution in [1.29, 1.82) is 0 Å². The molecule has 0 radical (unpaired) electrons. The predicted molar refractivity (Wildman–Crippen MR) is 147 cm³/mol. The third kappa shape index (κ3) is 5.00. The molecule has 0 fully saturated rings. The van der Waals surface area contributed by atoms with Crippen LogP contribution in [0.4, 0.5) is 0 Å². The van der Waals surface area contributed by atoms with Crippen LogP contribution in [-0.2, 0) is 13.0 Å². The van der Waals surface area contributed by atoms with Gasteiger partial charge in [0, 0.05) is 29.2 Å². The molecule has 3 heterocycles. The van der Waals surface area contributed by atoms with Gasteiger partial charge in [-0.25, -0.2) is 14.7 Å². The normalized spacial score (nSPS) is 11.3. The van der Waals surface area contributed by atoms with Crippen molar-refractivity contribution in [2.24, 2.45) is 0 Å². The fraction of sp³-hybridized carbons (Fsp3) is 0.241. The number of pyridine rings is 1. The van der Waals surface area contributed by atoms with Crippen molar-refractivity contribution < 1.29 is 9.90 Å². The van der Waals surface area contributed by atoms with E-state index in [4.69, 9.17) is 0 Å². The quantitative estimate of drug-likeness (QED) is 0.286. The number of carboxylic acids is 1. The van der Waals surface area contributed by atoms with Crippen LogP contribution in [0.3, 0.4) is 0 Å². The number of tetrazole rings is 1. The molecule has 0 aliphatic carbocycles. The highest BCUT2D eigenvalue weighted by atomic mass is 16.4. The molecule has 39 heavy (non-hydrogen) atoms. The Labute approximate surface area is 225 Å². The third-order valence-electron chi connectivity index (χ3n) is 6.70. The Morgan fingerprint density at radius 1 is 1.08 bits per heavy atom. The van der Waals surface area contributed by atoms with E-state index in [0.29, 0.717) is 24.5 Å². The Balaban J connectivity index is 1.53. The number of aromatic carboxylic acids is 1. The van der Waals surface area contributed by atoms with E-state index in [9.17, 15) is 14.7 Å². The SMILES string of the molecule is CCCc1cn(-c2c(C(=O)O)cccc2C(C)C)c(=O)n1Cc1ccc(-c2ncccc2-c2nnn[nH]2)cc1. The van der Waals surface area contributed by atoms with Crippen molar-refractivity contribution in [3.63, 3.8) is 0 Å². The lowest BCUT2D eigenvalue weighted by Crippen LogP contribution is -2.26. The minimum Gasteiger partial charge on any atom is -0.478 e. The molecule has 0 aliphatic heterocycles. The number of aryl methyl sites for hydroxylation is 1. The first kappa shape index (κ1) is 25.8. The average molecular weight is 524 g/mol. The summed E-state index contributed by atoms with van der Waals surface area (Å²) in [6, 6.07) is 16.7. The topological polar surface area (TPSA) is 132 Å². The van der Waals surface area contributed by atoms with Crippen LogP contribution in [0.15, 0.2) is 71.8 Å². The molecule has 0 unspecified atom stereocenters. The van der Waals surface area contributed by atoms with E-state index in [2.05, 4.69) is 32.5 Å². The summed E-state index contributed by atoms with van der Waals surface area (Å²) in [5.41, 5.74) is 5.30. The first-order chi connectivity index (χ1) is 18.9. The minimum absolute atomic E-state index is 0.0425. The fourth-order valence-electron chi connectivity index (χ4n) is 4.83. The maximum absolute atomic E-state index is 13.8. The van der Waals surface area contributed by atoms with Gasteiger partial charge in [0.25, 0.3) is 0 Å². The number of para-hydroxylation sites is 1. The number of aromatic nitrogens is 7. The van der Waals surface area contributed by atoms with Crippen LogP contribution in [0.5, 0.6) is 0 Å². The highest BCUT2D eigenvalue weighted by molar-refractivity contribution is 5.92. The molecule has 0 amide bonds. The molecule has 2 aromatic carbocycles. The molecule has 2 N–H and O–H groups in total. The van der Waals surface area contributed by atoms with Gasteiger partial charge in [-0.15, -0.1) is 5.10 Å². The molecule has 0 aliphatic rings. The van der Waals surface area contributed by atoms with Gasteiger partial charge in [-0.05, 0) is 52.1 Å². The van der Waals surface area contributed by atoms with E-state index in [-0.39, 0.29) is 17.2 Å². The first-order valence-corrected chi connectivity index (χ1v) is 12.8. The molecular formula is C29H29N7O3. The van der Waals surface area contributed by atoms with E-state index in [0.717, 1.165) is 40.1 Å². The van der Waals surface area contributed by atoms with Crippen LogP contribution < -0.4 is 5.69 Å². The van der Waals surface area contributed by atoms with Crippen LogP contribution in [0.25, 0.3) is 28.3 Å². The number of nitrogens with zero attached hydrogens (tertiary/aromatic N) is 6. The van der Waals surface area contributed by atoms with Gasteiger partial charge in [0.05, 0.1) is 23.5 Å². The summed E-state index contributed by atoms with van der Waals surface area (Å²) in [5.74, 6) is -0.489. The number of benzene rings is 2. The lowest BCUT2D eigenvalue weighted by Gasteiger charge is -2.15. The second-order valence-corrected chi connectivity index (χ2v) is 9.66. The predicted octanol–water partition coefficient (Wildman–Crippen LogP) is 4.70. The lowest BCUT2D eigenvalue weighted by atomic mass is 9.97. The number of carbonyl (C=O) groups is 1. The van der Waals surface area contributed by atoms with E-state index in [1.54, 1.807) is 29.1 Å². The van der Waals surface area contributed by atoms with Gasteiger partial charge in [0.2, 0.25) is 0 Å². The maximum atomic E-state index is 13.8. The fourth-order valence-corrected chi connectivity index (χ4v) is 4.83. The van der Waals surface area contributed by atoms with Crippen molar-refractivity contribution in [1.82, 2.24) is 34.7 Å². The summed E-state index contributed by atoms with van der Waals surface area (Å²) < 4.78 is 3.23. The zero-order chi connectivity index (χ0) is 27.5. The first-order valence-electron chi connectivity index (χ1n) is 12.8. The Morgan fingerprint density at radius 3 is 2.54 bits per heavy atom. The number of nitrogens with one attached hydrogen (secondary N) is 1. The Bertz CT molecular complexity index is 1670. The van der Waals surface area contributed by atoms with Gasteiger partial charge in [0.1, 0.15) is 0 Å². The summed E-state index contributed by atoms with van der Waals surface area (Å²) in [6.07, 6.45) is 5.05. The molecule has 0 spiro atoms. The van der Waals surface area contributed by atoms with Gasteiger partial charge in [-0.3, -0.25) is 14.1 Å². The smallest absolute Gasteiger partial charge is 0.337 e. The zero-order valence-electron chi connectivity index (χ0n) is 22.0. The molecule has 0 bridgehead atoms. The van der Waals surface area contributed by atoms with E-state index in [1.807, 2.05) is 56.3 Å². The van der Waals surface area contributed by atoms with E-state index in [1.165, 1.54) is 4.57 Å². The Hall–Kier alpha value is -4.86. The van der Waals surface area contributed by atoms with Gasteiger partial charge in [0.15, 0.2) is 5.82 Å². The van der Waals surface area contributed by atoms with Crippen molar-refractivity contribution in [2.45, 2.75) is 46.1 Å². The summed E-state index contributed by atoms with van der Waals surface area (Å²) in [6.45, 7) is 6.40. The number of rotatable bonds is 9. The van der Waals surface area contributed by atoms with Crippen molar-refractivity contribution in [3.8, 4) is 28.3 Å². The van der Waals surface area contributed by atoms with Crippen LogP contribution in [0, 0.1) is 0 Å². The number of H-pyrrole nitrogens is 1. The minimum atomic E-state index is -1.06. The molecule has 10 heteroatoms. The number of aromatic amines is 1. The van der Waals surface area contributed by atoms with Gasteiger partial charge >= 0.3 is 11.7 Å². The molecule has 0 saturated heterocycles. The molecule has 0 atom stereocenters. The molecule has 0 saturated carbocycles. The lowest BCUT2D eigenvalue weighted by molar-refractivity contribution is 0.0696. The van der Waals surface area contributed by atoms with Crippen molar-refractivity contribution in [3.05, 3.63) is 99.9 Å². The standard InChI is InChI=1S/C29H29N7O3/c1-4-7-21-17-36(26-22(18(2)3)8-5-9-24(26)28(37)38)29(39)35(21)16-19-11-13-20(14-12-19)25-23(10-6-15-30-25)27-31-33-34-32-27/h5-6,8-15,17-18H,4,7,16H2,1-3H3,(H,37,38)(H,31,32,33,34). The zero-order valence-corrected chi connectivity index (χ0v) is 22.0.